The average Bonchev–Trinajstić information content (AvgIpc) is 3.00. The molecule has 0 unspecified atom stereocenters. The number of anilines is 1. The molecular weight excluding hydrogens is 475 g/mol. The molecule has 188 valence electrons. The maximum atomic E-state index is 13.2. The van der Waals surface area contributed by atoms with E-state index in [1.54, 1.807) is 43.3 Å². The summed E-state index contributed by atoms with van der Waals surface area (Å²) in [5, 5.41) is 7.12. The third-order valence-corrected chi connectivity index (χ3v) is 5.65. The Bertz CT molecular complexity index is 1230. The summed E-state index contributed by atoms with van der Waals surface area (Å²) in [7, 11) is 0. The smallest absolute Gasteiger partial charge is 0.475 e. The topological polar surface area (TPSA) is 90.8 Å². The van der Waals surface area contributed by atoms with Crippen LogP contribution in [0.5, 0.6) is 0 Å². The fourth-order valence-corrected chi connectivity index (χ4v) is 3.69. The van der Waals surface area contributed by atoms with Gasteiger partial charge in [-0.05, 0) is 49.1 Å². The lowest BCUT2D eigenvalue weighted by atomic mass is 9.97. The second kappa shape index (κ2) is 10.6. The first-order chi connectivity index (χ1) is 16.9. The van der Waals surface area contributed by atoms with E-state index in [1.165, 1.54) is 10.5 Å². The van der Waals surface area contributed by atoms with E-state index in [1.807, 2.05) is 36.4 Å². The molecule has 2 heterocycles. The van der Waals surface area contributed by atoms with Gasteiger partial charge in [0.2, 0.25) is 0 Å². The van der Waals surface area contributed by atoms with Gasteiger partial charge in [0.25, 0.3) is 5.91 Å². The van der Waals surface area contributed by atoms with Gasteiger partial charge < -0.3 is 10.0 Å². The van der Waals surface area contributed by atoms with Gasteiger partial charge in [0, 0.05) is 12.7 Å². The number of carboxylic acid groups (broad SMARTS) is 1. The molecule has 1 aromatic heterocycles. The molecule has 0 bridgehead atoms. The normalized spacial score (nSPS) is 14.9. The van der Waals surface area contributed by atoms with Gasteiger partial charge in [0.05, 0.1) is 11.9 Å². The molecule has 1 saturated heterocycles. The van der Waals surface area contributed by atoms with Crippen molar-refractivity contribution in [3.63, 3.8) is 0 Å². The highest BCUT2D eigenvalue weighted by molar-refractivity contribution is 6.22. The zero-order valence-electron chi connectivity index (χ0n) is 19.6. The van der Waals surface area contributed by atoms with Crippen LogP contribution in [0.2, 0.25) is 0 Å². The quantitative estimate of drug-likeness (QED) is 0.496. The number of carbonyl (C=O) groups excluding carboxylic acids is 2. The lowest BCUT2D eigenvalue weighted by molar-refractivity contribution is -0.192. The number of amides is 3. The molecule has 1 fully saturated rings. The summed E-state index contributed by atoms with van der Waals surface area (Å²) < 4.78 is 31.7. The molecule has 1 N–H and O–H groups in total. The summed E-state index contributed by atoms with van der Waals surface area (Å²) in [4.78, 5) is 42.1. The second-order valence-corrected chi connectivity index (χ2v) is 8.51. The second-order valence-electron chi connectivity index (χ2n) is 8.51. The Morgan fingerprint density at radius 3 is 2.08 bits per heavy atom. The molecule has 36 heavy (non-hydrogen) atoms. The minimum absolute atomic E-state index is 0.240. The average molecular weight is 499 g/mol. The van der Waals surface area contributed by atoms with Crippen LogP contribution in [0.1, 0.15) is 30.5 Å². The molecule has 7 nitrogen and oxygen atoms in total. The number of carbonyl (C=O) groups is 3. The van der Waals surface area contributed by atoms with Crippen LogP contribution in [-0.2, 0) is 22.6 Å². The van der Waals surface area contributed by atoms with Gasteiger partial charge in [-0.1, -0.05) is 54.6 Å². The van der Waals surface area contributed by atoms with Gasteiger partial charge in [0.1, 0.15) is 5.54 Å². The van der Waals surface area contributed by atoms with E-state index in [0.717, 1.165) is 17.5 Å². The van der Waals surface area contributed by atoms with Gasteiger partial charge in [0.15, 0.2) is 0 Å². The highest BCUT2D eigenvalue weighted by Crippen LogP contribution is 2.33. The zero-order valence-corrected chi connectivity index (χ0v) is 19.6. The number of aliphatic carboxylic acids is 1. The first-order valence-electron chi connectivity index (χ1n) is 10.9. The van der Waals surface area contributed by atoms with Crippen molar-refractivity contribution < 1.29 is 32.7 Å². The number of carboxylic acids is 1. The van der Waals surface area contributed by atoms with Crippen molar-refractivity contribution in [2.24, 2.45) is 0 Å². The summed E-state index contributed by atoms with van der Waals surface area (Å²) in [5.41, 5.74) is 2.95. The van der Waals surface area contributed by atoms with Crippen molar-refractivity contribution >= 4 is 23.6 Å². The molecule has 1 aliphatic heterocycles. The van der Waals surface area contributed by atoms with Gasteiger partial charge in [-0.2, -0.15) is 13.2 Å². The number of hydrogen-bond donors (Lipinski definition) is 1. The van der Waals surface area contributed by atoms with Crippen LogP contribution in [0.15, 0.2) is 79.1 Å². The summed E-state index contributed by atoms with van der Waals surface area (Å²) in [6, 6.07) is 21.4. The van der Waals surface area contributed by atoms with Gasteiger partial charge in [-0.3, -0.25) is 9.78 Å². The van der Waals surface area contributed by atoms with Crippen LogP contribution >= 0.6 is 0 Å². The number of imide groups is 1. The fraction of sp³-hybridized carbons (Fsp3) is 0.231. The molecule has 0 saturated carbocycles. The Morgan fingerprint density at radius 1 is 0.944 bits per heavy atom. The van der Waals surface area contributed by atoms with Crippen molar-refractivity contribution in [1.82, 2.24) is 9.88 Å². The molecule has 0 atom stereocenters. The lowest BCUT2D eigenvalue weighted by Crippen LogP contribution is -2.43. The third kappa shape index (κ3) is 5.88. The first-order valence-corrected chi connectivity index (χ1v) is 10.9. The molecule has 0 spiro atoms. The van der Waals surface area contributed by atoms with Crippen LogP contribution in [0.4, 0.5) is 23.7 Å². The lowest BCUT2D eigenvalue weighted by Gasteiger charge is -2.28. The minimum Gasteiger partial charge on any atom is -0.475 e. The van der Waals surface area contributed by atoms with E-state index in [0.29, 0.717) is 12.2 Å². The van der Waals surface area contributed by atoms with E-state index in [9.17, 15) is 22.8 Å². The van der Waals surface area contributed by atoms with Crippen LogP contribution in [0.3, 0.4) is 0 Å². The Kier molecular flexibility index (Phi) is 7.77. The third-order valence-electron chi connectivity index (χ3n) is 5.65. The molecular formula is C26H24F3N3O4. The SMILES string of the molecule is CC1(C)C(=O)N(c2cccnc2)C(=O)N1Cc1ccccc1Cc1ccccc1.O=C(O)C(F)(F)F. The number of nitrogens with zero attached hydrogens (tertiary/aromatic N) is 3. The standard InChI is InChI=1S/C24H23N3O2.C2HF3O2/c1-24(2)22(28)27(21-13-8-14-25-16-21)23(29)26(24)17-20-12-7-6-11-19(20)15-18-9-4-3-5-10-18;3-2(4,5)1(6)7/h3-14,16H,15,17H2,1-2H3;(H,6,7). The Hall–Kier alpha value is -4.21. The molecule has 2 aromatic carbocycles. The number of alkyl halides is 3. The summed E-state index contributed by atoms with van der Waals surface area (Å²) in [5.74, 6) is -3.00. The minimum atomic E-state index is -5.08. The number of benzene rings is 2. The number of urea groups is 1. The fourth-order valence-electron chi connectivity index (χ4n) is 3.69. The molecule has 1 aliphatic rings. The summed E-state index contributed by atoms with van der Waals surface area (Å²) in [6.07, 6.45) is -1.14. The molecule has 3 amide bonds. The monoisotopic (exact) mass is 499 g/mol. The van der Waals surface area contributed by atoms with Crippen molar-refractivity contribution in [2.45, 2.75) is 38.5 Å². The summed E-state index contributed by atoms with van der Waals surface area (Å²) in [6.45, 7) is 3.96. The summed E-state index contributed by atoms with van der Waals surface area (Å²) >= 11 is 0. The van der Waals surface area contributed by atoms with Crippen molar-refractivity contribution in [2.75, 3.05) is 4.90 Å². The first kappa shape index (κ1) is 26.4. The van der Waals surface area contributed by atoms with E-state index in [-0.39, 0.29) is 11.9 Å². The van der Waals surface area contributed by atoms with Crippen LogP contribution < -0.4 is 4.90 Å². The predicted molar refractivity (Wildman–Crippen MR) is 126 cm³/mol. The van der Waals surface area contributed by atoms with E-state index < -0.39 is 17.7 Å². The Labute approximate surface area is 205 Å². The Balaban J connectivity index is 0.000000454. The predicted octanol–water partition coefficient (Wildman–Crippen LogP) is 5.05. The van der Waals surface area contributed by atoms with Gasteiger partial charge >= 0.3 is 18.2 Å². The van der Waals surface area contributed by atoms with Crippen molar-refractivity contribution in [3.8, 4) is 0 Å². The maximum absolute atomic E-state index is 13.2. The molecule has 0 radical (unpaired) electrons. The largest absolute Gasteiger partial charge is 0.490 e. The maximum Gasteiger partial charge on any atom is 0.490 e. The van der Waals surface area contributed by atoms with E-state index in [4.69, 9.17) is 9.90 Å². The molecule has 0 aliphatic carbocycles. The van der Waals surface area contributed by atoms with Gasteiger partial charge in [-0.15, -0.1) is 0 Å². The van der Waals surface area contributed by atoms with E-state index in [2.05, 4.69) is 23.2 Å². The highest BCUT2D eigenvalue weighted by atomic mass is 19.4. The Morgan fingerprint density at radius 2 is 1.53 bits per heavy atom. The molecule has 3 aromatic rings. The van der Waals surface area contributed by atoms with Crippen molar-refractivity contribution in [3.05, 3.63) is 95.8 Å². The van der Waals surface area contributed by atoms with E-state index >= 15 is 0 Å². The molecule has 10 heteroatoms. The van der Waals surface area contributed by atoms with Crippen molar-refractivity contribution in [1.29, 1.82) is 0 Å². The number of pyridine rings is 1. The number of hydrogen-bond acceptors (Lipinski definition) is 4. The van der Waals surface area contributed by atoms with Crippen LogP contribution in [0.25, 0.3) is 0 Å². The highest BCUT2D eigenvalue weighted by Gasteiger charge is 2.51. The zero-order chi connectivity index (χ0) is 26.5. The van der Waals surface area contributed by atoms with Gasteiger partial charge in [-0.25, -0.2) is 14.5 Å². The molecule has 4 rings (SSSR count). The number of rotatable bonds is 5. The van der Waals surface area contributed by atoms with Crippen LogP contribution in [0, 0.1) is 0 Å². The van der Waals surface area contributed by atoms with Crippen LogP contribution in [-0.4, -0.2) is 44.6 Å². The number of halogens is 3. The number of aromatic nitrogens is 1.